The van der Waals surface area contributed by atoms with Gasteiger partial charge in [-0.05, 0) is 56.6 Å². The van der Waals surface area contributed by atoms with Gasteiger partial charge < -0.3 is 30.2 Å². The zero-order chi connectivity index (χ0) is 23.4. The fourth-order valence-electron chi connectivity index (χ4n) is 4.44. The number of aromatic hydroxyl groups is 1. The molecule has 1 aromatic heterocycles. The van der Waals surface area contributed by atoms with Crippen molar-refractivity contribution in [1.29, 1.82) is 0 Å². The lowest BCUT2D eigenvalue weighted by Gasteiger charge is -2.32. The van der Waals surface area contributed by atoms with Crippen molar-refractivity contribution in [3.8, 4) is 11.5 Å². The maximum atomic E-state index is 12.4. The summed E-state index contributed by atoms with van der Waals surface area (Å²) in [6.45, 7) is 2.46. The number of nitrogens with zero attached hydrogens (tertiary/aromatic N) is 1. The number of benzene rings is 2. The van der Waals surface area contributed by atoms with Gasteiger partial charge in [0.2, 0.25) is 0 Å². The monoisotopic (exact) mass is 465 g/mol. The summed E-state index contributed by atoms with van der Waals surface area (Å²) in [7, 11) is 0. The number of phenols is 1. The van der Waals surface area contributed by atoms with E-state index in [4.69, 9.17) is 4.74 Å². The second kappa shape index (κ2) is 10.2. The molecule has 4 rings (SSSR count). The van der Waals surface area contributed by atoms with Gasteiger partial charge in [-0.15, -0.1) is 0 Å². The number of ether oxygens (including phenoxy) is 1. The van der Waals surface area contributed by atoms with Crippen LogP contribution in [0, 0.1) is 5.92 Å². The third kappa shape index (κ3) is 6.10. The van der Waals surface area contributed by atoms with Crippen LogP contribution in [0.2, 0.25) is 0 Å². The van der Waals surface area contributed by atoms with Crippen molar-refractivity contribution in [2.24, 2.45) is 5.92 Å². The summed E-state index contributed by atoms with van der Waals surface area (Å²) in [5, 5.41) is 25.7. The summed E-state index contributed by atoms with van der Waals surface area (Å²) in [6.07, 6.45) is -3.95. The standard InChI is InChI=1S/C24H30F3N3O3/c25-24(26,27)9-12-30-10-7-16(8-11-30)13-28-14-17(31)15-33-23-21(32)6-5-20-22(23)18-3-1-2-4-19(18)29-20/h1-6,16-17,28-29,31-32H,7-15H2/t17-/m0/s1. The van der Waals surface area contributed by atoms with Crippen molar-refractivity contribution >= 4 is 21.8 Å². The van der Waals surface area contributed by atoms with Crippen LogP contribution in [0.5, 0.6) is 11.5 Å². The minimum absolute atomic E-state index is 0.0182. The number of para-hydroxylation sites is 1. The van der Waals surface area contributed by atoms with E-state index < -0.39 is 18.7 Å². The van der Waals surface area contributed by atoms with Gasteiger partial charge in [0.15, 0.2) is 11.5 Å². The Morgan fingerprint density at radius 3 is 2.64 bits per heavy atom. The number of piperidine rings is 1. The Balaban J connectivity index is 1.23. The first-order valence-corrected chi connectivity index (χ1v) is 11.3. The van der Waals surface area contributed by atoms with Gasteiger partial charge in [-0.1, -0.05) is 18.2 Å². The fourth-order valence-corrected chi connectivity index (χ4v) is 4.44. The molecule has 0 spiro atoms. The summed E-state index contributed by atoms with van der Waals surface area (Å²) in [4.78, 5) is 5.16. The van der Waals surface area contributed by atoms with E-state index in [1.165, 1.54) is 0 Å². The highest BCUT2D eigenvalue weighted by molar-refractivity contribution is 6.11. The molecule has 0 amide bonds. The quantitative estimate of drug-likeness (QED) is 0.384. The predicted octanol–water partition coefficient (Wildman–Crippen LogP) is 4.02. The average molecular weight is 466 g/mol. The highest BCUT2D eigenvalue weighted by Gasteiger charge is 2.29. The van der Waals surface area contributed by atoms with Crippen molar-refractivity contribution in [3.05, 3.63) is 36.4 Å². The van der Waals surface area contributed by atoms with Gasteiger partial charge in [-0.25, -0.2) is 0 Å². The molecule has 1 aliphatic heterocycles. The van der Waals surface area contributed by atoms with Crippen molar-refractivity contribution in [2.45, 2.75) is 31.5 Å². The molecule has 3 aromatic rings. The first-order chi connectivity index (χ1) is 15.8. The average Bonchev–Trinajstić information content (AvgIpc) is 3.16. The molecule has 4 N–H and O–H groups in total. The Bertz CT molecular complexity index is 1060. The molecule has 0 unspecified atom stereocenters. The number of aliphatic hydroxyl groups excluding tert-OH is 1. The number of halogens is 3. The Hall–Kier alpha value is -2.49. The van der Waals surface area contributed by atoms with Crippen molar-refractivity contribution < 1.29 is 28.1 Å². The van der Waals surface area contributed by atoms with Gasteiger partial charge in [-0.3, -0.25) is 0 Å². The smallest absolute Gasteiger partial charge is 0.390 e. The molecule has 0 radical (unpaired) electrons. The topological polar surface area (TPSA) is 80.8 Å². The van der Waals surface area contributed by atoms with Crippen LogP contribution < -0.4 is 10.1 Å². The van der Waals surface area contributed by atoms with E-state index in [9.17, 15) is 23.4 Å². The van der Waals surface area contributed by atoms with Gasteiger partial charge in [0.05, 0.1) is 17.3 Å². The van der Waals surface area contributed by atoms with Crippen LogP contribution in [0.25, 0.3) is 21.8 Å². The lowest BCUT2D eigenvalue weighted by atomic mass is 9.96. The second-order valence-corrected chi connectivity index (χ2v) is 8.78. The zero-order valence-corrected chi connectivity index (χ0v) is 18.4. The van der Waals surface area contributed by atoms with Crippen LogP contribution >= 0.6 is 0 Å². The van der Waals surface area contributed by atoms with Gasteiger partial charge in [0.25, 0.3) is 0 Å². The highest BCUT2D eigenvalue weighted by Crippen LogP contribution is 2.39. The second-order valence-electron chi connectivity index (χ2n) is 8.78. The lowest BCUT2D eigenvalue weighted by molar-refractivity contribution is -0.138. The molecule has 0 saturated carbocycles. The molecule has 2 aromatic carbocycles. The third-order valence-corrected chi connectivity index (χ3v) is 6.25. The number of alkyl halides is 3. The molecule has 180 valence electrons. The molecule has 1 atom stereocenters. The van der Waals surface area contributed by atoms with Crippen molar-refractivity contribution in [2.75, 3.05) is 39.3 Å². The van der Waals surface area contributed by atoms with Crippen molar-refractivity contribution in [1.82, 2.24) is 15.2 Å². The Morgan fingerprint density at radius 1 is 1.12 bits per heavy atom. The number of aromatic amines is 1. The van der Waals surface area contributed by atoms with Crippen LogP contribution in [0.15, 0.2) is 36.4 Å². The van der Waals surface area contributed by atoms with Gasteiger partial charge in [0.1, 0.15) is 12.7 Å². The van der Waals surface area contributed by atoms with E-state index in [-0.39, 0.29) is 18.9 Å². The Morgan fingerprint density at radius 2 is 1.88 bits per heavy atom. The number of hydrogen-bond acceptors (Lipinski definition) is 5. The highest BCUT2D eigenvalue weighted by atomic mass is 19.4. The van der Waals surface area contributed by atoms with E-state index in [0.717, 1.165) is 34.6 Å². The Labute approximate surface area is 190 Å². The minimum atomic E-state index is -4.10. The maximum Gasteiger partial charge on any atom is 0.390 e. The predicted molar refractivity (Wildman–Crippen MR) is 122 cm³/mol. The number of phenolic OH excluding ortho intramolecular Hbond substituents is 1. The molecule has 6 nitrogen and oxygen atoms in total. The summed E-state index contributed by atoms with van der Waals surface area (Å²) in [5.74, 6) is 0.740. The molecular weight excluding hydrogens is 435 g/mol. The third-order valence-electron chi connectivity index (χ3n) is 6.25. The number of rotatable bonds is 9. The van der Waals surface area contributed by atoms with Gasteiger partial charge in [0, 0.05) is 24.0 Å². The SMILES string of the molecule is Oc1ccc2[nH]c3ccccc3c2c1OC[C@@H](O)CNCC1CCN(CCC(F)(F)F)CC1. The van der Waals surface area contributed by atoms with Crippen molar-refractivity contribution in [3.63, 3.8) is 0 Å². The molecule has 33 heavy (non-hydrogen) atoms. The number of fused-ring (bicyclic) bond motifs is 3. The van der Waals surface area contributed by atoms with Gasteiger partial charge >= 0.3 is 6.18 Å². The summed E-state index contributed by atoms with van der Waals surface area (Å²) < 4.78 is 42.9. The van der Waals surface area contributed by atoms with E-state index in [1.807, 2.05) is 29.2 Å². The normalized spacial score (nSPS) is 17.1. The van der Waals surface area contributed by atoms with E-state index in [1.54, 1.807) is 12.1 Å². The number of likely N-dealkylation sites (tertiary alicyclic amines) is 1. The number of nitrogens with one attached hydrogen (secondary N) is 2. The molecule has 0 bridgehead atoms. The van der Waals surface area contributed by atoms with Crippen LogP contribution in [-0.2, 0) is 0 Å². The molecular formula is C24H30F3N3O3. The van der Waals surface area contributed by atoms with E-state index in [0.29, 0.717) is 37.8 Å². The minimum Gasteiger partial charge on any atom is -0.504 e. The summed E-state index contributed by atoms with van der Waals surface area (Å²) >= 11 is 0. The molecule has 2 heterocycles. The maximum absolute atomic E-state index is 12.4. The molecule has 1 fully saturated rings. The van der Waals surface area contributed by atoms with Gasteiger partial charge in [-0.2, -0.15) is 13.2 Å². The lowest BCUT2D eigenvalue weighted by Crippen LogP contribution is -2.40. The fraction of sp³-hybridized carbons (Fsp3) is 0.500. The number of aliphatic hydroxyl groups is 1. The number of hydrogen-bond donors (Lipinski definition) is 4. The first-order valence-electron chi connectivity index (χ1n) is 11.3. The molecule has 1 saturated heterocycles. The van der Waals surface area contributed by atoms with Crippen LogP contribution in [-0.4, -0.2) is 71.7 Å². The molecule has 1 aliphatic rings. The van der Waals surface area contributed by atoms with Crippen LogP contribution in [0.1, 0.15) is 19.3 Å². The molecule has 9 heteroatoms. The van der Waals surface area contributed by atoms with Crippen LogP contribution in [0.4, 0.5) is 13.2 Å². The number of aromatic nitrogens is 1. The zero-order valence-electron chi connectivity index (χ0n) is 18.4. The van der Waals surface area contributed by atoms with E-state index in [2.05, 4.69) is 10.3 Å². The van der Waals surface area contributed by atoms with E-state index >= 15 is 0 Å². The van der Waals surface area contributed by atoms with Crippen LogP contribution in [0.3, 0.4) is 0 Å². The molecule has 0 aliphatic carbocycles. The summed E-state index contributed by atoms with van der Waals surface area (Å²) in [6, 6.07) is 11.1. The largest absolute Gasteiger partial charge is 0.504 e. The Kier molecular flexibility index (Phi) is 7.31. The first kappa shape index (κ1) is 23.7. The summed E-state index contributed by atoms with van der Waals surface area (Å²) in [5.41, 5.74) is 1.79. The number of H-pyrrole nitrogens is 1.